The molecule has 1 saturated heterocycles. The molecule has 1 aliphatic rings. The molecule has 0 saturated carbocycles. The van der Waals surface area contributed by atoms with E-state index < -0.39 is 0 Å². The highest BCUT2D eigenvalue weighted by molar-refractivity contribution is 7.13. The van der Waals surface area contributed by atoms with Crippen LogP contribution in [-0.2, 0) is 9.59 Å². The quantitative estimate of drug-likeness (QED) is 0.370. The second-order valence-electron chi connectivity index (χ2n) is 8.11. The summed E-state index contributed by atoms with van der Waals surface area (Å²) >= 11 is 1.61. The van der Waals surface area contributed by atoms with Crippen molar-refractivity contribution in [2.24, 2.45) is 0 Å². The molecular formula is C27H24N4O2S. The fourth-order valence-electron chi connectivity index (χ4n) is 4.12. The lowest BCUT2D eigenvalue weighted by atomic mass is 10.1. The van der Waals surface area contributed by atoms with E-state index in [4.69, 9.17) is 5.10 Å². The molecule has 0 aliphatic carbocycles. The van der Waals surface area contributed by atoms with Crippen molar-refractivity contribution < 1.29 is 9.59 Å². The van der Waals surface area contributed by atoms with Crippen LogP contribution in [0.4, 0.5) is 11.4 Å². The topological polar surface area (TPSA) is 67.2 Å². The third-order valence-electron chi connectivity index (χ3n) is 5.86. The van der Waals surface area contributed by atoms with Crippen LogP contribution in [0.25, 0.3) is 22.3 Å². The number of anilines is 2. The summed E-state index contributed by atoms with van der Waals surface area (Å²) in [7, 11) is 0. The first kappa shape index (κ1) is 21.9. The summed E-state index contributed by atoms with van der Waals surface area (Å²) < 4.78 is 1.83. The van der Waals surface area contributed by atoms with Crippen LogP contribution in [0, 0.1) is 6.92 Å². The Labute approximate surface area is 202 Å². The average Bonchev–Trinajstić information content (AvgIpc) is 3.61. The number of carbonyl (C=O) groups is 2. The van der Waals surface area contributed by atoms with Crippen LogP contribution >= 0.6 is 11.3 Å². The first-order chi connectivity index (χ1) is 16.6. The molecule has 0 radical (unpaired) electrons. The van der Waals surface area contributed by atoms with Gasteiger partial charge in [0.1, 0.15) is 5.69 Å². The molecule has 0 unspecified atom stereocenters. The van der Waals surface area contributed by atoms with Crippen molar-refractivity contribution in [3.8, 4) is 16.3 Å². The number of para-hydroxylation sites is 1. The van der Waals surface area contributed by atoms with Crippen LogP contribution in [0.15, 0.2) is 78.3 Å². The lowest BCUT2D eigenvalue weighted by Gasteiger charge is -2.20. The number of thiophene rings is 1. The third-order valence-corrected chi connectivity index (χ3v) is 6.74. The average molecular weight is 469 g/mol. The maximum absolute atomic E-state index is 12.8. The second-order valence-corrected chi connectivity index (χ2v) is 9.06. The molecule has 1 aliphatic heterocycles. The summed E-state index contributed by atoms with van der Waals surface area (Å²) in [6, 6.07) is 19.6. The van der Waals surface area contributed by atoms with Crippen molar-refractivity contribution in [1.82, 2.24) is 9.78 Å². The van der Waals surface area contributed by atoms with Gasteiger partial charge in [0, 0.05) is 42.2 Å². The molecule has 2 aromatic carbocycles. The largest absolute Gasteiger partial charge is 0.322 e. The van der Waals surface area contributed by atoms with E-state index in [-0.39, 0.29) is 11.8 Å². The zero-order chi connectivity index (χ0) is 23.5. The van der Waals surface area contributed by atoms with Gasteiger partial charge in [-0.25, -0.2) is 4.68 Å². The standard InChI is InChI=1S/C27H24N4O2S/c1-19-22(10-5-11-23(19)30-16-6-13-26(30)33)28-25(32)15-14-20-18-31(21-8-3-2-4-9-21)29-27(20)24-12-7-17-34-24/h2-5,7-12,14-15,17-18H,6,13,16H2,1H3,(H,28,32). The summed E-state index contributed by atoms with van der Waals surface area (Å²) in [5.74, 6) is -0.111. The fraction of sp³-hybridized carbons (Fsp3) is 0.148. The third kappa shape index (κ3) is 4.43. The molecule has 1 fully saturated rings. The maximum Gasteiger partial charge on any atom is 0.248 e. The number of benzene rings is 2. The summed E-state index contributed by atoms with van der Waals surface area (Å²) in [4.78, 5) is 27.8. The summed E-state index contributed by atoms with van der Waals surface area (Å²) in [5.41, 5.74) is 5.07. The van der Waals surface area contributed by atoms with Crippen LogP contribution in [0.1, 0.15) is 24.0 Å². The van der Waals surface area contributed by atoms with Crippen LogP contribution < -0.4 is 10.2 Å². The minimum atomic E-state index is -0.238. The molecule has 34 heavy (non-hydrogen) atoms. The lowest BCUT2D eigenvalue weighted by molar-refractivity contribution is -0.117. The SMILES string of the molecule is Cc1c(NC(=O)C=Cc2cn(-c3ccccc3)nc2-c2cccs2)cccc1N1CCCC1=O. The molecule has 0 atom stereocenters. The number of carbonyl (C=O) groups excluding carboxylic acids is 2. The van der Waals surface area contributed by atoms with Crippen molar-refractivity contribution in [1.29, 1.82) is 0 Å². The van der Waals surface area contributed by atoms with E-state index in [2.05, 4.69) is 5.32 Å². The number of hydrogen-bond acceptors (Lipinski definition) is 4. The van der Waals surface area contributed by atoms with Gasteiger partial charge < -0.3 is 10.2 Å². The molecule has 0 bridgehead atoms. The Kier molecular flexibility index (Phi) is 6.10. The highest BCUT2D eigenvalue weighted by Gasteiger charge is 2.23. The smallest absolute Gasteiger partial charge is 0.248 e. The fourth-order valence-corrected chi connectivity index (χ4v) is 4.85. The van der Waals surface area contributed by atoms with E-state index >= 15 is 0 Å². The van der Waals surface area contributed by atoms with E-state index in [0.29, 0.717) is 18.7 Å². The lowest BCUT2D eigenvalue weighted by Crippen LogP contribution is -2.25. The number of nitrogens with zero attached hydrogens (tertiary/aromatic N) is 3. The zero-order valence-corrected chi connectivity index (χ0v) is 19.6. The Morgan fingerprint density at radius 3 is 2.68 bits per heavy atom. The molecule has 2 aromatic heterocycles. The van der Waals surface area contributed by atoms with Gasteiger partial charge in [-0.05, 0) is 60.7 Å². The number of aromatic nitrogens is 2. The van der Waals surface area contributed by atoms with Gasteiger partial charge >= 0.3 is 0 Å². The van der Waals surface area contributed by atoms with Crippen molar-refractivity contribution in [3.63, 3.8) is 0 Å². The van der Waals surface area contributed by atoms with Gasteiger partial charge in [-0.3, -0.25) is 9.59 Å². The Morgan fingerprint density at radius 1 is 1.09 bits per heavy atom. The molecular weight excluding hydrogens is 444 g/mol. The van der Waals surface area contributed by atoms with E-state index in [1.807, 2.05) is 83.8 Å². The predicted molar refractivity (Wildman–Crippen MR) is 137 cm³/mol. The molecule has 3 heterocycles. The number of nitrogens with one attached hydrogen (secondary N) is 1. The van der Waals surface area contributed by atoms with E-state index in [1.54, 1.807) is 22.3 Å². The molecule has 1 N–H and O–H groups in total. The Balaban J connectivity index is 1.39. The van der Waals surface area contributed by atoms with Gasteiger partial charge in [-0.1, -0.05) is 30.3 Å². The van der Waals surface area contributed by atoms with Gasteiger partial charge in [0.2, 0.25) is 11.8 Å². The molecule has 5 rings (SSSR count). The molecule has 7 heteroatoms. The second kappa shape index (κ2) is 9.49. The van der Waals surface area contributed by atoms with E-state index in [9.17, 15) is 9.59 Å². The predicted octanol–water partition coefficient (Wildman–Crippen LogP) is 5.69. The summed E-state index contributed by atoms with van der Waals surface area (Å²) in [6.07, 6.45) is 6.68. The van der Waals surface area contributed by atoms with Crippen molar-refractivity contribution in [3.05, 3.63) is 89.4 Å². The minimum Gasteiger partial charge on any atom is -0.322 e. The monoisotopic (exact) mass is 468 g/mol. The highest BCUT2D eigenvalue weighted by atomic mass is 32.1. The maximum atomic E-state index is 12.8. The summed E-state index contributed by atoms with van der Waals surface area (Å²) in [5, 5.41) is 9.74. The molecule has 170 valence electrons. The number of amides is 2. The highest BCUT2D eigenvalue weighted by Crippen LogP contribution is 2.31. The first-order valence-electron chi connectivity index (χ1n) is 11.2. The first-order valence-corrected chi connectivity index (χ1v) is 12.1. The normalized spacial score (nSPS) is 13.7. The molecule has 2 amide bonds. The molecule has 4 aromatic rings. The number of hydrogen-bond donors (Lipinski definition) is 1. The van der Waals surface area contributed by atoms with Gasteiger partial charge in [0.15, 0.2) is 0 Å². The van der Waals surface area contributed by atoms with Gasteiger partial charge in [0.05, 0.1) is 10.6 Å². The van der Waals surface area contributed by atoms with Gasteiger partial charge in [0.25, 0.3) is 0 Å². The van der Waals surface area contributed by atoms with Gasteiger partial charge in [-0.15, -0.1) is 11.3 Å². The van der Waals surface area contributed by atoms with Crippen LogP contribution in [-0.4, -0.2) is 28.1 Å². The molecule has 0 spiro atoms. The van der Waals surface area contributed by atoms with Crippen molar-refractivity contribution in [2.45, 2.75) is 19.8 Å². The van der Waals surface area contributed by atoms with Crippen molar-refractivity contribution in [2.75, 3.05) is 16.8 Å². The Morgan fingerprint density at radius 2 is 1.94 bits per heavy atom. The Bertz CT molecular complexity index is 1360. The van der Waals surface area contributed by atoms with Gasteiger partial charge in [-0.2, -0.15) is 5.10 Å². The molecule has 6 nitrogen and oxygen atoms in total. The van der Waals surface area contributed by atoms with Crippen LogP contribution in [0.2, 0.25) is 0 Å². The van der Waals surface area contributed by atoms with Crippen LogP contribution in [0.3, 0.4) is 0 Å². The van der Waals surface area contributed by atoms with Crippen molar-refractivity contribution >= 4 is 40.6 Å². The summed E-state index contributed by atoms with van der Waals surface area (Å²) in [6.45, 7) is 2.65. The Hall–Kier alpha value is -3.97. The van der Waals surface area contributed by atoms with E-state index in [0.717, 1.165) is 39.5 Å². The zero-order valence-electron chi connectivity index (χ0n) is 18.8. The minimum absolute atomic E-state index is 0.128. The van der Waals surface area contributed by atoms with Crippen LogP contribution in [0.5, 0.6) is 0 Å². The van der Waals surface area contributed by atoms with E-state index in [1.165, 1.54) is 6.08 Å². The number of rotatable bonds is 6.